The minimum atomic E-state index is -1.01. The van der Waals surface area contributed by atoms with Crippen molar-refractivity contribution in [3.63, 3.8) is 0 Å². The van der Waals surface area contributed by atoms with Crippen LogP contribution in [0.2, 0.25) is 0 Å². The van der Waals surface area contributed by atoms with E-state index in [4.69, 9.17) is 9.47 Å². The molecular weight excluding hydrogens is 415 g/mol. The number of halogens is 1. The molecule has 4 aromatic heterocycles. The van der Waals surface area contributed by atoms with E-state index < -0.39 is 6.17 Å². The van der Waals surface area contributed by atoms with Gasteiger partial charge in [-0.05, 0) is 30.2 Å². The number of likely N-dealkylation sites (tertiary alicyclic amines) is 1. The number of piperidine rings is 1. The van der Waals surface area contributed by atoms with Crippen LogP contribution in [0.1, 0.15) is 6.42 Å². The number of hydrogen-bond donors (Lipinski definition) is 1. The number of ether oxygens (including phenoxy) is 2. The highest BCUT2D eigenvalue weighted by Crippen LogP contribution is 2.32. The Hall–Kier alpha value is -3.31. The summed E-state index contributed by atoms with van der Waals surface area (Å²) in [4.78, 5) is 11.0. The van der Waals surface area contributed by atoms with Crippen LogP contribution in [0.25, 0.3) is 22.3 Å². The molecule has 2 aliphatic rings. The van der Waals surface area contributed by atoms with Gasteiger partial charge in [-0.25, -0.2) is 18.4 Å². The monoisotopic (exact) mass is 438 g/mol. The molecule has 0 spiro atoms. The van der Waals surface area contributed by atoms with E-state index in [1.165, 1.54) is 6.33 Å². The van der Waals surface area contributed by atoms with E-state index in [1.807, 2.05) is 30.6 Å². The summed E-state index contributed by atoms with van der Waals surface area (Å²) in [5.41, 5.74) is 3.34. The molecule has 0 radical (unpaired) electrons. The van der Waals surface area contributed by atoms with Crippen LogP contribution in [-0.4, -0.2) is 85.8 Å². The first-order chi connectivity index (χ1) is 15.7. The zero-order chi connectivity index (χ0) is 21.7. The van der Waals surface area contributed by atoms with E-state index in [9.17, 15) is 4.39 Å². The molecule has 6 rings (SSSR count). The topological polar surface area (TPSA) is 94.1 Å². The minimum absolute atomic E-state index is 0.345. The van der Waals surface area contributed by atoms with Crippen LogP contribution in [0.5, 0.6) is 5.88 Å². The van der Waals surface area contributed by atoms with Crippen molar-refractivity contribution in [1.29, 1.82) is 0 Å². The van der Waals surface area contributed by atoms with Gasteiger partial charge in [0.05, 0.1) is 32.4 Å². The second-order valence-electron chi connectivity index (χ2n) is 8.19. The summed E-state index contributed by atoms with van der Waals surface area (Å²) >= 11 is 0. The summed E-state index contributed by atoms with van der Waals surface area (Å²) in [5, 5.41) is 11.9. The molecule has 166 valence electrons. The first-order valence-electron chi connectivity index (χ1n) is 10.6. The standard InChI is InChI=1S/C21H23FN8O2/c1-31-20-19-15(13-2-6-29-18(8-13)23-12-24-29)3-7-30(19)27-21(26-20)25-17-4-5-28(9-16(17)22)14-10-32-11-14/h2-3,6-8,12,14,16-17H,4-5,9-11H2,1H3,(H,25,27)/t16-,17+/m1/s1. The molecule has 0 saturated carbocycles. The van der Waals surface area contributed by atoms with Gasteiger partial charge in [0.25, 0.3) is 0 Å². The quantitative estimate of drug-likeness (QED) is 0.503. The van der Waals surface area contributed by atoms with Gasteiger partial charge in [0.15, 0.2) is 5.65 Å². The van der Waals surface area contributed by atoms with Crippen LogP contribution in [0.4, 0.5) is 10.3 Å². The lowest BCUT2D eigenvalue weighted by molar-refractivity contribution is -0.0794. The zero-order valence-corrected chi connectivity index (χ0v) is 17.6. The molecule has 2 atom stereocenters. The normalized spacial score (nSPS) is 22.3. The largest absolute Gasteiger partial charge is 0.479 e. The molecule has 32 heavy (non-hydrogen) atoms. The third kappa shape index (κ3) is 3.24. The average molecular weight is 438 g/mol. The Balaban J connectivity index is 1.28. The van der Waals surface area contributed by atoms with Gasteiger partial charge in [0.2, 0.25) is 11.8 Å². The number of pyridine rings is 1. The van der Waals surface area contributed by atoms with Crippen molar-refractivity contribution in [3.05, 3.63) is 36.9 Å². The summed E-state index contributed by atoms with van der Waals surface area (Å²) in [6, 6.07) is 5.85. The van der Waals surface area contributed by atoms with Gasteiger partial charge in [0.1, 0.15) is 18.0 Å². The van der Waals surface area contributed by atoms with Crippen LogP contribution in [0, 0.1) is 0 Å². The minimum Gasteiger partial charge on any atom is -0.479 e. The Morgan fingerprint density at radius 1 is 1.22 bits per heavy atom. The summed E-state index contributed by atoms with van der Waals surface area (Å²) < 4.78 is 29.1. The van der Waals surface area contributed by atoms with E-state index in [0.717, 1.165) is 28.8 Å². The number of anilines is 1. The van der Waals surface area contributed by atoms with Gasteiger partial charge in [-0.1, -0.05) is 0 Å². The molecule has 11 heteroatoms. The maximum atomic E-state index is 14.9. The maximum absolute atomic E-state index is 14.9. The van der Waals surface area contributed by atoms with Crippen molar-refractivity contribution in [2.45, 2.75) is 24.7 Å². The number of methoxy groups -OCH3 is 1. The van der Waals surface area contributed by atoms with Crippen molar-refractivity contribution >= 4 is 17.1 Å². The molecule has 4 aromatic rings. The molecule has 0 amide bonds. The van der Waals surface area contributed by atoms with Gasteiger partial charge >= 0.3 is 0 Å². The summed E-state index contributed by atoms with van der Waals surface area (Å²) in [7, 11) is 1.57. The van der Waals surface area contributed by atoms with Gasteiger partial charge in [-0.2, -0.15) is 10.1 Å². The number of nitrogens with one attached hydrogen (secondary N) is 1. The molecule has 0 aliphatic carbocycles. The molecule has 1 N–H and O–H groups in total. The zero-order valence-electron chi connectivity index (χ0n) is 17.6. The first kappa shape index (κ1) is 19.4. The average Bonchev–Trinajstić information content (AvgIpc) is 3.40. The molecule has 2 fully saturated rings. The van der Waals surface area contributed by atoms with Crippen molar-refractivity contribution in [2.24, 2.45) is 0 Å². The van der Waals surface area contributed by atoms with E-state index in [2.05, 4.69) is 30.4 Å². The van der Waals surface area contributed by atoms with Crippen molar-refractivity contribution in [3.8, 4) is 17.0 Å². The van der Waals surface area contributed by atoms with Gasteiger partial charge < -0.3 is 14.8 Å². The second-order valence-corrected chi connectivity index (χ2v) is 8.19. The number of aromatic nitrogens is 6. The first-order valence-corrected chi connectivity index (χ1v) is 10.6. The van der Waals surface area contributed by atoms with E-state index >= 15 is 0 Å². The Kier molecular flexibility index (Phi) is 4.65. The van der Waals surface area contributed by atoms with Gasteiger partial charge in [0, 0.05) is 31.0 Å². The number of alkyl halides is 1. The van der Waals surface area contributed by atoms with Crippen LogP contribution < -0.4 is 10.1 Å². The van der Waals surface area contributed by atoms with Crippen LogP contribution in [0.15, 0.2) is 36.9 Å². The lowest BCUT2D eigenvalue weighted by atomic mass is 10.0. The molecular formula is C21H23FN8O2. The Labute approximate surface area is 183 Å². The van der Waals surface area contributed by atoms with Crippen molar-refractivity contribution < 1.29 is 13.9 Å². The highest BCUT2D eigenvalue weighted by Gasteiger charge is 2.35. The summed E-state index contributed by atoms with van der Waals surface area (Å²) in [6.45, 7) is 2.61. The Bertz CT molecular complexity index is 1270. The number of rotatable bonds is 5. The predicted molar refractivity (Wildman–Crippen MR) is 115 cm³/mol. The molecule has 0 aromatic carbocycles. The molecule has 10 nitrogen and oxygen atoms in total. The molecule has 2 saturated heterocycles. The molecule has 6 heterocycles. The highest BCUT2D eigenvalue weighted by atomic mass is 19.1. The van der Waals surface area contributed by atoms with Crippen molar-refractivity contribution in [2.75, 3.05) is 38.7 Å². The molecule has 0 bridgehead atoms. The van der Waals surface area contributed by atoms with Gasteiger partial charge in [-0.15, -0.1) is 5.10 Å². The van der Waals surface area contributed by atoms with E-state index in [-0.39, 0.29) is 6.04 Å². The van der Waals surface area contributed by atoms with Crippen LogP contribution in [0.3, 0.4) is 0 Å². The summed E-state index contributed by atoms with van der Waals surface area (Å²) in [5.74, 6) is 0.765. The van der Waals surface area contributed by atoms with E-state index in [0.29, 0.717) is 44.0 Å². The number of hydrogen-bond acceptors (Lipinski definition) is 8. The number of fused-ring (bicyclic) bond motifs is 2. The fraction of sp³-hybridized carbons (Fsp3) is 0.429. The van der Waals surface area contributed by atoms with Crippen LogP contribution >= 0.6 is 0 Å². The Morgan fingerprint density at radius 2 is 2.09 bits per heavy atom. The number of nitrogens with zero attached hydrogens (tertiary/aromatic N) is 7. The third-order valence-electron chi connectivity index (χ3n) is 6.29. The smallest absolute Gasteiger partial charge is 0.244 e. The fourth-order valence-electron chi connectivity index (χ4n) is 4.43. The predicted octanol–water partition coefficient (Wildman–Crippen LogP) is 1.67. The maximum Gasteiger partial charge on any atom is 0.244 e. The fourth-order valence-corrected chi connectivity index (χ4v) is 4.43. The molecule has 2 aliphatic heterocycles. The highest BCUT2D eigenvalue weighted by molar-refractivity contribution is 5.85. The third-order valence-corrected chi connectivity index (χ3v) is 6.29. The van der Waals surface area contributed by atoms with Crippen LogP contribution in [-0.2, 0) is 4.74 Å². The van der Waals surface area contributed by atoms with E-state index in [1.54, 1.807) is 16.1 Å². The van der Waals surface area contributed by atoms with Gasteiger partial charge in [-0.3, -0.25) is 4.90 Å². The Morgan fingerprint density at radius 3 is 2.88 bits per heavy atom. The molecule has 0 unspecified atom stereocenters. The lowest BCUT2D eigenvalue weighted by Crippen LogP contribution is -2.57. The van der Waals surface area contributed by atoms with Crippen molar-refractivity contribution in [1.82, 2.24) is 34.1 Å². The second kappa shape index (κ2) is 7.68. The lowest BCUT2D eigenvalue weighted by Gasteiger charge is -2.42. The SMILES string of the molecule is COc1nc(N[C@H]2CCN(C3COC3)C[C@H]2F)nn2ccc(-c3ccn4ncnc4c3)c12. The summed E-state index contributed by atoms with van der Waals surface area (Å²) in [6.07, 6.45) is 4.89.